The third-order valence-electron chi connectivity index (χ3n) is 5.60. The van der Waals surface area contributed by atoms with Crippen molar-refractivity contribution in [3.05, 3.63) is 0 Å². The van der Waals surface area contributed by atoms with Gasteiger partial charge >= 0.3 is 0 Å². The lowest BCUT2D eigenvalue weighted by Gasteiger charge is -2.41. The zero-order valence-electron chi connectivity index (χ0n) is 12.4. The predicted octanol–water partition coefficient (Wildman–Crippen LogP) is 4.43. The van der Waals surface area contributed by atoms with Crippen LogP contribution in [0.25, 0.3) is 0 Å². The van der Waals surface area contributed by atoms with Gasteiger partial charge in [-0.1, -0.05) is 51.9 Å². The Bertz CT molecular complexity index is 314. The summed E-state index contributed by atoms with van der Waals surface area (Å²) < 4.78 is 0. The second kappa shape index (κ2) is 6.75. The van der Waals surface area contributed by atoms with E-state index < -0.39 is 5.41 Å². The van der Waals surface area contributed by atoms with E-state index in [0.717, 1.165) is 38.5 Å². The van der Waals surface area contributed by atoms with Crippen molar-refractivity contribution in [1.29, 1.82) is 5.26 Å². The fraction of sp³-hybridized carbons (Fsp3) is 0.941. The largest absolute Gasteiger partial charge is 0.391 e. The van der Waals surface area contributed by atoms with E-state index in [-0.39, 0.29) is 6.10 Å². The van der Waals surface area contributed by atoms with Crippen molar-refractivity contribution in [3.63, 3.8) is 0 Å². The summed E-state index contributed by atoms with van der Waals surface area (Å²) in [7, 11) is 0. The number of aliphatic hydroxyl groups excluding tert-OH is 1. The minimum Gasteiger partial charge on any atom is -0.391 e. The molecule has 2 nitrogen and oxygen atoms in total. The normalized spacial score (nSPS) is 35.3. The van der Waals surface area contributed by atoms with Crippen molar-refractivity contribution >= 4 is 0 Å². The van der Waals surface area contributed by atoms with Crippen LogP contribution in [0.2, 0.25) is 0 Å². The fourth-order valence-electron chi connectivity index (χ4n) is 4.29. The molecule has 2 rings (SSSR count). The van der Waals surface area contributed by atoms with Crippen LogP contribution >= 0.6 is 0 Å². The minimum atomic E-state index is -0.437. The maximum Gasteiger partial charge on any atom is 0.0837 e. The monoisotopic (exact) mass is 263 g/mol. The van der Waals surface area contributed by atoms with E-state index in [1.807, 2.05) is 0 Å². The van der Waals surface area contributed by atoms with Gasteiger partial charge in [0.05, 0.1) is 17.6 Å². The van der Waals surface area contributed by atoms with Crippen LogP contribution in [0.1, 0.15) is 77.6 Å². The molecule has 1 N–H and O–H groups in total. The highest BCUT2D eigenvalue weighted by Gasteiger charge is 2.45. The molecule has 2 saturated carbocycles. The zero-order valence-corrected chi connectivity index (χ0v) is 12.4. The molecule has 0 aromatic heterocycles. The molecule has 0 aromatic carbocycles. The molecular formula is C17H29NO. The lowest BCUT2D eigenvalue weighted by molar-refractivity contribution is -0.0245. The van der Waals surface area contributed by atoms with E-state index in [1.165, 1.54) is 32.1 Å². The van der Waals surface area contributed by atoms with Crippen molar-refractivity contribution in [2.45, 2.75) is 83.7 Å². The summed E-state index contributed by atoms with van der Waals surface area (Å²) in [5, 5.41) is 20.6. The van der Waals surface area contributed by atoms with Crippen LogP contribution < -0.4 is 0 Å². The highest BCUT2D eigenvalue weighted by Crippen LogP contribution is 2.46. The number of rotatable bonds is 3. The lowest BCUT2D eigenvalue weighted by atomic mass is 9.63. The smallest absolute Gasteiger partial charge is 0.0837 e. The predicted molar refractivity (Wildman–Crippen MR) is 77.5 cm³/mol. The summed E-state index contributed by atoms with van der Waals surface area (Å²) >= 11 is 0. The first-order valence-corrected chi connectivity index (χ1v) is 8.31. The van der Waals surface area contributed by atoms with Crippen LogP contribution in [0.4, 0.5) is 0 Å². The number of aliphatic hydroxyl groups is 1. The number of hydrogen-bond acceptors (Lipinski definition) is 2. The molecule has 3 unspecified atom stereocenters. The molecule has 108 valence electrons. The van der Waals surface area contributed by atoms with Gasteiger partial charge in [-0.2, -0.15) is 5.26 Å². The van der Waals surface area contributed by atoms with E-state index in [9.17, 15) is 10.4 Å². The Labute approximate surface area is 118 Å². The average Bonchev–Trinajstić information content (AvgIpc) is 2.75. The lowest BCUT2D eigenvalue weighted by Crippen LogP contribution is -2.42. The maximum absolute atomic E-state index is 10.9. The summed E-state index contributed by atoms with van der Waals surface area (Å²) in [6.07, 6.45) is 12.3. The third-order valence-corrected chi connectivity index (χ3v) is 5.60. The third kappa shape index (κ3) is 3.31. The molecule has 2 heteroatoms. The van der Waals surface area contributed by atoms with E-state index in [2.05, 4.69) is 13.0 Å². The van der Waals surface area contributed by atoms with Crippen molar-refractivity contribution in [3.8, 4) is 6.07 Å². The van der Waals surface area contributed by atoms with Gasteiger partial charge in [-0.3, -0.25) is 0 Å². The van der Waals surface area contributed by atoms with Crippen LogP contribution in [-0.4, -0.2) is 11.2 Å². The Morgan fingerprint density at radius 3 is 2.42 bits per heavy atom. The number of nitrogens with zero attached hydrogens (tertiary/aromatic N) is 1. The molecule has 0 radical (unpaired) electrons. The van der Waals surface area contributed by atoms with Gasteiger partial charge < -0.3 is 5.11 Å². The van der Waals surface area contributed by atoms with Gasteiger partial charge in [-0.25, -0.2) is 0 Å². The van der Waals surface area contributed by atoms with E-state index >= 15 is 0 Å². The Kier molecular flexibility index (Phi) is 5.28. The van der Waals surface area contributed by atoms with Gasteiger partial charge in [0.15, 0.2) is 0 Å². The second-order valence-corrected chi connectivity index (χ2v) is 6.84. The molecule has 0 heterocycles. The number of hydrogen-bond donors (Lipinski definition) is 1. The summed E-state index contributed by atoms with van der Waals surface area (Å²) in [6, 6.07) is 2.55. The molecule has 3 atom stereocenters. The Balaban J connectivity index is 2.08. The van der Waals surface area contributed by atoms with E-state index in [0.29, 0.717) is 11.8 Å². The minimum absolute atomic E-state index is 0.373. The summed E-state index contributed by atoms with van der Waals surface area (Å²) in [4.78, 5) is 0. The van der Waals surface area contributed by atoms with E-state index in [1.54, 1.807) is 0 Å². The first-order chi connectivity index (χ1) is 9.22. The van der Waals surface area contributed by atoms with Crippen LogP contribution in [0, 0.1) is 28.6 Å². The molecular weight excluding hydrogens is 234 g/mol. The highest BCUT2D eigenvalue weighted by atomic mass is 16.3. The molecule has 0 aromatic rings. The van der Waals surface area contributed by atoms with Gasteiger partial charge in [-0.15, -0.1) is 0 Å². The molecule has 0 bridgehead atoms. The molecule has 0 spiro atoms. The summed E-state index contributed by atoms with van der Waals surface area (Å²) in [5.41, 5.74) is -0.437. The van der Waals surface area contributed by atoms with Gasteiger partial charge in [0.1, 0.15) is 0 Å². The van der Waals surface area contributed by atoms with E-state index in [4.69, 9.17) is 0 Å². The second-order valence-electron chi connectivity index (χ2n) is 6.84. The van der Waals surface area contributed by atoms with Crippen molar-refractivity contribution < 1.29 is 5.11 Å². The van der Waals surface area contributed by atoms with Crippen LogP contribution in [0.5, 0.6) is 0 Å². The zero-order chi connectivity index (χ0) is 13.7. The van der Waals surface area contributed by atoms with Gasteiger partial charge in [-0.05, 0) is 37.5 Å². The van der Waals surface area contributed by atoms with Gasteiger partial charge in [0, 0.05) is 0 Å². The highest BCUT2D eigenvalue weighted by molar-refractivity contribution is 5.07. The molecule has 2 aliphatic rings. The first-order valence-electron chi connectivity index (χ1n) is 8.31. The topological polar surface area (TPSA) is 44.0 Å². The van der Waals surface area contributed by atoms with Crippen molar-refractivity contribution in [2.75, 3.05) is 0 Å². The van der Waals surface area contributed by atoms with Crippen molar-refractivity contribution in [1.82, 2.24) is 0 Å². The summed E-state index contributed by atoms with van der Waals surface area (Å²) in [6.45, 7) is 2.22. The van der Waals surface area contributed by atoms with Crippen LogP contribution in [-0.2, 0) is 0 Å². The standard InChI is InChI=1S/C17H29NO/c1-2-14-8-7-11-17(12-14,13-18)16(19)15-9-5-3-4-6-10-15/h14-16,19H,2-12H2,1H3. The Morgan fingerprint density at radius 1 is 1.16 bits per heavy atom. The molecule has 0 amide bonds. The molecule has 0 saturated heterocycles. The van der Waals surface area contributed by atoms with Gasteiger partial charge in [0.25, 0.3) is 0 Å². The molecule has 2 aliphatic carbocycles. The number of nitriles is 1. The van der Waals surface area contributed by atoms with Gasteiger partial charge in [0.2, 0.25) is 0 Å². The quantitative estimate of drug-likeness (QED) is 0.766. The SMILES string of the molecule is CCC1CCCC(C#N)(C(O)C2CCCCCC2)C1. The Morgan fingerprint density at radius 2 is 1.84 bits per heavy atom. The summed E-state index contributed by atoms with van der Waals surface area (Å²) in [5.74, 6) is 1.02. The molecule has 19 heavy (non-hydrogen) atoms. The molecule has 0 aliphatic heterocycles. The first kappa shape index (κ1) is 14.9. The Hall–Kier alpha value is -0.550. The molecule has 2 fully saturated rings. The van der Waals surface area contributed by atoms with Crippen molar-refractivity contribution in [2.24, 2.45) is 17.3 Å². The maximum atomic E-state index is 10.9. The fourth-order valence-corrected chi connectivity index (χ4v) is 4.29. The van der Waals surface area contributed by atoms with Crippen LogP contribution in [0.3, 0.4) is 0 Å². The van der Waals surface area contributed by atoms with Crippen LogP contribution in [0.15, 0.2) is 0 Å². The average molecular weight is 263 g/mol.